The van der Waals surface area contributed by atoms with Crippen molar-refractivity contribution in [2.45, 2.75) is 78.2 Å². The van der Waals surface area contributed by atoms with Crippen LogP contribution >= 0.6 is 0 Å². The Hall–Kier alpha value is -1.35. The van der Waals surface area contributed by atoms with Crippen molar-refractivity contribution in [2.75, 3.05) is 6.61 Å². The molecule has 0 amide bonds. The number of hydrogen-bond donors (Lipinski definition) is 1. The number of fused-ring (bicyclic) bond motifs is 1. The van der Waals surface area contributed by atoms with Crippen LogP contribution in [0.3, 0.4) is 0 Å². The molecule has 1 aromatic heterocycles. The summed E-state index contributed by atoms with van der Waals surface area (Å²) < 4.78 is 2.28. The van der Waals surface area contributed by atoms with Gasteiger partial charge in [0.1, 0.15) is 5.82 Å². The van der Waals surface area contributed by atoms with Crippen LogP contribution in [-0.4, -0.2) is 21.3 Å². The van der Waals surface area contributed by atoms with Gasteiger partial charge in [-0.2, -0.15) is 0 Å². The van der Waals surface area contributed by atoms with Crippen molar-refractivity contribution in [1.29, 1.82) is 0 Å². The molecule has 3 rings (SSSR count). The highest BCUT2D eigenvalue weighted by molar-refractivity contribution is 5.78. The van der Waals surface area contributed by atoms with Crippen molar-refractivity contribution >= 4 is 11.0 Å². The second kappa shape index (κ2) is 7.69. The van der Waals surface area contributed by atoms with E-state index in [-0.39, 0.29) is 6.61 Å². The number of rotatable bonds is 6. The van der Waals surface area contributed by atoms with E-state index in [4.69, 9.17) is 4.98 Å². The lowest BCUT2D eigenvalue weighted by Gasteiger charge is -2.28. The van der Waals surface area contributed by atoms with Crippen LogP contribution in [0, 0.1) is 19.8 Å². The molecule has 1 aliphatic rings. The molecule has 1 fully saturated rings. The highest BCUT2D eigenvalue weighted by Gasteiger charge is 2.26. The first-order valence-corrected chi connectivity index (χ1v) is 9.72. The number of nitrogens with zero attached hydrogens (tertiary/aromatic N) is 2. The summed E-state index contributed by atoms with van der Waals surface area (Å²) in [5.74, 6) is 2.68. The molecular weight excluding hydrogens is 296 g/mol. The van der Waals surface area contributed by atoms with Crippen molar-refractivity contribution in [1.82, 2.24) is 9.55 Å². The van der Waals surface area contributed by atoms with E-state index in [2.05, 4.69) is 37.5 Å². The van der Waals surface area contributed by atoms with E-state index in [0.717, 1.165) is 11.4 Å². The molecule has 0 aliphatic heterocycles. The maximum absolute atomic E-state index is 9.53. The number of unbranched alkanes of at least 4 members (excludes halogenated alkanes) is 1. The summed E-state index contributed by atoms with van der Waals surface area (Å²) >= 11 is 0. The minimum atomic E-state index is 0.178. The van der Waals surface area contributed by atoms with Crippen molar-refractivity contribution in [3.8, 4) is 0 Å². The fourth-order valence-corrected chi connectivity index (χ4v) is 4.25. The Labute approximate surface area is 146 Å². The summed E-state index contributed by atoms with van der Waals surface area (Å²) in [6, 6.07) is 4.44. The summed E-state index contributed by atoms with van der Waals surface area (Å²) in [5.41, 5.74) is 4.88. The summed E-state index contributed by atoms with van der Waals surface area (Å²) in [5, 5.41) is 9.53. The fraction of sp³-hybridized carbons (Fsp3) is 0.667. The number of hydrogen-bond acceptors (Lipinski definition) is 2. The SMILES string of the molecule is CCCCC1CCC(c2nc3cc(C)c(C)cc3n2CCO)CC1. The minimum absolute atomic E-state index is 0.178. The second-order valence-corrected chi connectivity index (χ2v) is 7.63. The molecule has 1 saturated carbocycles. The second-order valence-electron chi connectivity index (χ2n) is 7.63. The van der Waals surface area contributed by atoms with Crippen molar-refractivity contribution in [2.24, 2.45) is 5.92 Å². The van der Waals surface area contributed by atoms with Crippen LogP contribution in [0.4, 0.5) is 0 Å². The average Bonchev–Trinajstić information content (AvgIpc) is 2.92. The van der Waals surface area contributed by atoms with Crippen LogP contribution in [0.25, 0.3) is 11.0 Å². The van der Waals surface area contributed by atoms with E-state index in [1.165, 1.54) is 67.4 Å². The maximum Gasteiger partial charge on any atom is 0.113 e. The lowest BCUT2D eigenvalue weighted by Crippen LogP contribution is -2.18. The number of aryl methyl sites for hydroxylation is 2. The van der Waals surface area contributed by atoms with Gasteiger partial charge in [-0.05, 0) is 68.7 Å². The zero-order chi connectivity index (χ0) is 17.1. The predicted molar refractivity (Wildman–Crippen MR) is 101 cm³/mol. The molecule has 1 N–H and O–H groups in total. The van der Waals surface area contributed by atoms with Crippen LogP contribution in [0.15, 0.2) is 12.1 Å². The maximum atomic E-state index is 9.53. The van der Waals surface area contributed by atoms with Gasteiger partial charge >= 0.3 is 0 Å². The fourth-order valence-electron chi connectivity index (χ4n) is 4.25. The number of aliphatic hydroxyl groups excluding tert-OH is 1. The van der Waals surface area contributed by atoms with Gasteiger partial charge < -0.3 is 9.67 Å². The molecule has 1 aliphatic carbocycles. The highest BCUT2D eigenvalue weighted by Crippen LogP contribution is 2.38. The van der Waals surface area contributed by atoms with Gasteiger partial charge in [0.05, 0.1) is 17.6 Å². The number of aliphatic hydroxyl groups is 1. The van der Waals surface area contributed by atoms with Crippen molar-refractivity contribution < 1.29 is 5.11 Å². The Bertz CT molecular complexity index is 681. The van der Waals surface area contributed by atoms with Crippen molar-refractivity contribution in [3.63, 3.8) is 0 Å². The van der Waals surface area contributed by atoms with E-state index in [1.807, 2.05) is 0 Å². The molecule has 1 heterocycles. The predicted octanol–water partition coefficient (Wildman–Crippen LogP) is 5.11. The van der Waals surface area contributed by atoms with Gasteiger partial charge in [0.15, 0.2) is 0 Å². The Kier molecular flexibility index (Phi) is 5.60. The molecule has 0 saturated heterocycles. The zero-order valence-corrected chi connectivity index (χ0v) is 15.5. The summed E-state index contributed by atoms with van der Waals surface area (Å²) in [4.78, 5) is 5.00. The van der Waals surface area contributed by atoms with Crippen LogP contribution in [0.1, 0.15) is 74.7 Å². The third-order valence-electron chi connectivity index (χ3n) is 5.89. The summed E-state index contributed by atoms with van der Waals surface area (Å²) in [6.45, 7) is 7.43. The lowest BCUT2D eigenvalue weighted by atomic mass is 9.79. The van der Waals surface area contributed by atoms with Crippen LogP contribution < -0.4 is 0 Å². The molecule has 24 heavy (non-hydrogen) atoms. The zero-order valence-electron chi connectivity index (χ0n) is 15.5. The van der Waals surface area contributed by atoms with E-state index < -0.39 is 0 Å². The minimum Gasteiger partial charge on any atom is -0.395 e. The molecule has 0 bridgehead atoms. The Balaban J connectivity index is 1.85. The Morgan fingerprint density at radius 1 is 1.12 bits per heavy atom. The van der Waals surface area contributed by atoms with E-state index in [9.17, 15) is 5.11 Å². The molecule has 0 spiro atoms. The molecule has 0 unspecified atom stereocenters. The average molecular weight is 329 g/mol. The Morgan fingerprint density at radius 3 is 2.50 bits per heavy atom. The van der Waals surface area contributed by atoms with E-state index in [1.54, 1.807) is 0 Å². The van der Waals surface area contributed by atoms with E-state index >= 15 is 0 Å². The van der Waals surface area contributed by atoms with Gasteiger partial charge in [-0.1, -0.05) is 26.2 Å². The smallest absolute Gasteiger partial charge is 0.113 e. The largest absolute Gasteiger partial charge is 0.395 e. The standard InChI is InChI=1S/C21H32N2O/c1-4-5-6-17-7-9-18(10-8-17)21-22-19-13-15(2)16(3)14-20(19)23(21)11-12-24/h13-14,17-18,24H,4-12H2,1-3H3. The number of aromatic nitrogens is 2. The third kappa shape index (κ3) is 3.51. The monoisotopic (exact) mass is 328 g/mol. The van der Waals surface area contributed by atoms with E-state index in [0.29, 0.717) is 12.5 Å². The summed E-state index contributed by atoms with van der Waals surface area (Å²) in [7, 11) is 0. The molecule has 132 valence electrons. The molecule has 3 nitrogen and oxygen atoms in total. The van der Waals surface area contributed by atoms with Gasteiger partial charge in [-0.3, -0.25) is 0 Å². The van der Waals surface area contributed by atoms with Crippen LogP contribution in [-0.2, 0) is 6.54 Å². The van der Waals surface area contributed by atoms with Crippen molar-refractivity contribution in [3.05, 3.63) is 29.1 Å². The molecule has 0 atom stereocenters. The normalized spacial score (nSPS) is 21.5. The lowest BCUT2D eigenvalue weighted by molar-refractivity contribution is 0.266. The third-order valence-corrected chi connectivity index (χ3v) is 5.89. The molecular formula is C21H32N2O. The van der Waals surface area contributed by atoms with Gasteiger partial charge in [-0.25, -0.2) is 4.98 Å². The number of benzene rings is 1. The first-order chi connectivity index (χ1) is 11.6. The first-order valence-electron chi connectivity index (χ1n) is 9.72. The number of imidazole rings is 1. The van der Waals surface area contributed by atoms with Crippen LogP contribution in [0.2, 0.25) is 0 Å². The van der Waals surface area contributed by atoms with Gasteiger partial charge in [0, 0.05) is 12.5 Å². The van der Waals surface area contributed by atoms with Gasteiger partial charge in [0.25, 0.3) is 0 Å². The Morgan fingerprint density at radius 2 is 1.83 bits per heavy atom. The van der Waals surface area contributed by atoms with Gasteiger partial charge in [-0.15, -0.1) is 0 Å². The molecule has 1 aromatic carbocycles. The summed E-state index contributed by atoms with van der Waals surface area (Å²) in [6.07, 6.45) is 9.26. The van der Waals surface area contributed by atoms with Crippen LogP contribution in [0.5, 0.6) is 0 Å². The quantitative estimate of drug-likeness (QED) is 0.800. The van der Waals surface area contributed by atoms with Gasteiger partial charge in [0.2, 0.25) is 0 Å². The molecule has 3 heteroatoms. The highest BCUT2D eigenvalue weighted by atomic mass is 16.3. The molecule has 2 aromatic rings. The molecule has 0 radical (unpaired) electrons. The topological polar surface area (TPSA) is 38.0 Å². The first kappa shape index (κ1) is 17.5.